The van der Waals surface area contributed by atoms with Gasteiger partial charge < -0.3 is 5.32 Å². The lowest BCUT2D eigenvalue weighted by Crippen LogP contribution is -2.53. The molecule has 2 fully saturated rings. The van der Waals surface area contributed by atoms with E-state index in [4.69, 9.17) is 11.6 Å². The van der Waals surface area contributed by atoms with Gasteiger partial charge in [-0.1, -0.05) is 41.9 Å². The van der Waals surface area contributed by atoms with E-state index in [9.17, 15) is 14.4 Å². The summed E-state index contributed by atoms with van der Waals surface area (Å²) in [5, 5.41) is 9.09. The van der Waals surface area contributed by atoms with Crippen molar-refractivity contribution < 1.29 is 14.4 Å². The molecule has 0 bridgehead atoms. The molecule has 5 rings (SSSR count). The van der Waals surface area contributed by atoms with Gasteiger partial charge in [0.25, 0.3) is 0 Å². The number of halogens is 1. The fourth-order valence-corrected chi connectivity index (χ4v) is 4.92. The van der Waals surface area contributed by atoms with Gasteiger partial charge in [0.15, 0.2) is 0 Å². The van der Waals surface area contributed by atoms with Crippen LogP contribution in [0.1, 0.15) is 11.1 Å². The van der Waals surface area contributed by atoms with Gasteiger partial charge in [-0.05, 0) is 30.2 Å². The van der Waals surface area contributed by atoms with Gasteiger partial charge in [0.1, 0.15) is 5.54 Å². The Kier molecular flexibility index (Phi) is 3.44. The zero-order chi connectivity index (χ0) is 18.8. The van der Waals surface area contributed by atoms with Crippen LogP contribution in [-0.4, -0.2) is 23.8 Å². The molecule has 2 aromatic rings. The lowest BCUT2D eigenvalue weighted by molar-refractivity contribution is -0.132. The highest BCUT2D eigenvalue weighted by molar-refractivity contribution is 6.31. The molecule has 0 radical (unpaired) electrons. The van der Waals surface area contributed by atoms with Gasteiger partial charge in [-0.25, -0.2) is 0 Å². The van der Waals surface area contributed by atoms with Crippen molar-refractivity contribution in [2.24, 2.45) is 11.8 Å². The molecule has 0 unspecified atom stereocenters. The van der Waals surface area contributed by atoms with Gasteiger partial charge >= 0.3 is 0 Å². The third kappa shape index (κ3) is 2.20. The van der Waals surface area contributed by atoms with Gasteiger partial charge in [0.05, 0.1) is 11.8 Å². The van der Waals surface area contributed by atoms with Gasteiger partial charge in [0, 0.05) is 22.3 Å². The molecule has 3 amide bonds. The summed E-state index contributed by atoms with van der Waals surface area (Å²) < 4.78 is 0. The third-order valence-electron chi connectivity index (χ3n) is 5.82. The minimum atomic E-state index is -1.29. The average Bonchev–Trinajstić information content (AvgIpc) is 3.23. The van der Waals surface area contributed by atoms with Crippen molar-refractivity contribution in [3.8, 4) is 0 Å². The number of imide groups is 1. The molecule has 0 saturated carbocycles. The van der Waals surface area contributed by atoms with Crippen molar-refractivity contribution in [2.75, 3.05) is 5.32 Å². The topological polar surface area (TPSA) is 87.3 Å². The normalized spacial score (nSPS) is 31.0. The smallest absolute Gasteiger partial charge is 0.250 e. The number of rotatable bonds is 2. The lowest BCUT2D eigenvalue weighted by Gasteiger charge is -2.28. The first-order valence-electron chi connectivity index (χ1n) is 8.78. The molecular formula is C20H16ClN3O3. The van der Waals surface area contributed by atoms with Crippen LogP contribution in [-0.2, 0) is 26.3 Å². The molecule has 7 heteroatoms. The second kappa shape index (κ2) is 5.65. The highest BCUT2D eigenvalue weighted by Crippen LogP contribution is 2.51. The number of hydrogen-bond acceptors (Lipinski definition) is 4. The third-order valence-corrected chi connectivity index (χ3v) is 6.05. The molecule has 0 aromatic heterocycles. The Hall–Kier alpha value is -2.70. The Bertz CT molecular complexity index is 993. The number of nitrogens with one attached hydrogen (secondary N) is 3. The predicted octanol–water partition coefficient (Wildman–Crippen LogP) is 1.59. The lowest BCUT2D eigenvalue weighted by atomic mass is 9.76. The van der Waals surface area contributed by atoms with Gasteiger partial charge in [-0.15, -0.1) is 0 Å². The number of anilines is 1. The van der Waals surface area contributed by atoms with E-state index >= 15 is 0 Å². The molecule has 6 nitrogen and oxygen atoms in total. The standard InChI is InChI=1S/C20H16ClN3O3/c21-11-6-7-13-12(9-11)20(19(27)22-13)16-15(17(25)23-18(16)26)14(24-20)8-10-4-2-1-3-5-10/h1-7,9,14-16,24H,8H2,(H,22,27)(H,23,25,26)/t14-,15-,16-,20+/m1/s1. The van der Waals surface area contributed by atoms with E-state index in [1.54, 1.807) is 18.2 Å². The van der Waals surface area contributed by atoms with Crippen LogP contribution in [0.4, 0.5) is 5.69 Å². The van der Waals surface area contributed by atoms with Crippen LogP contribution in [0.25, 0.3) is 0 Å². The summed E-state index contributed by atoms with van der Waals surface area (Å²) in [6, 6.07) is 14.5. The summed E-state index contributed by atoms with van der Waals surface area (Å²) in [5.41, 5.74) is 0.974. The number of carbonyl (C=O) groups is 3. The van der Waals surface area contributed by atoms with Crippen molar-refractivity contribution in [1.29, 1.82) is 0 Å². The van der Waals surface area contributed by atoms with Crippen molar-refractivity contribution >= 4 is 35.0 Å². The van der Waals surface area contributed by atoms with Crippen LogP contribution >= 0.6 is 11.6 Å². The Morgan fingerprint density at radius 3 is 2.52 bits per heavy atom. The van der Waals surface area contributed by atoms with E-state index in [0.29, 0.717) is 22.7 Å². The molecule has 3 N–H and O–H groups in total. The summed E-state index contributed by atoms with van der Waals surface area (Å²) in [7, 11) is 0. The van der Waals surface area contributed by atoms with Crippen molar-refractivity contribution in [3.63, 3.8) is 0 Å². The Labute approximate surface area is 160 Å². The Balaban J connectivity index is 1.64. The first kappa shape index (κ1) is 16.5. The summed E-state index contributed by atoms with van der Waals surface area (Å²) >= 11 is 6.17. The van der Waals surface area contributed by atoms with E-state index < -0.39 is 23.3 Å². The number of hydrogen-bond donors (Lipinski definition) is 3. The maximum absolute atomic E-state index is 13.1. The van der Waals surface area contributed by atoms with Gasteiger partial charge in [0.2, 0.25) is 17.7 Å². The molecule has 4 atom stereocenters. The van der Waals surface area contributed by atoms with Crippen LogP contribution in [0.2, 0.25) is 5.02 Å². The number of amides is 3. The molecule has 3 aliphatic rings. The van der Waals surface area contributed by atoms with Crippen LogP contribution in [0.5, 0.6) is 0 Å². The zero-order valence-electron chi connectivity index (χ0n) is 14.2. The highest BCUT2D eigenvalue weighted by Gasteiger charge is 2.68. The molecule has 0 aliphatic carbocycles. The summed E-state index contributed by atoms with van der Waals surface area (Å²) in [6.45, 7) is 0. The minimum absolute atomic E-state index is 0.324. The molecule has 136 valence electrons. The van der Waals surface area contributed by atoms with E-state index in [0.717, 1.165) is 5.56 Å². The molecular weight excluding hydrogens is 366 g/mol. The highest BCUT2D eigenvalue weighted by atomic mass is 35.5. The zero-order valence-corrected chi connectivity index (χ0v) is 14.9. The van der Waals surface area contributed by atoms with E-state index in [2.05, 4.69) is 16.0 Å². The number of fused-ring (bicyclic) bond motifs is 4. The van der Waals surface area contributed by atoms with Crippen LogP contribution in [0.15, 0.2) is 48.5 Å². The molecule has 27 heavy (non-hydrogen) atoms. The van der Waals surface area contributed by atoms with Gasteiger partial charge in [-0.3, -0.25) is 25.0 Å². The molecule has 3 heterocycles. The first-order chi connectivity index (χ1) is 13.0. The first-order valence-corrected chi connectivity index (χ1v) is 9.16. The van der Waals surface area contributed by atoms with Crippen LogP contribution < -0.4 is 16.0 Å². The van der Waals surface area contributed by atoms with Crippen molar-refractivity contribution in [3.05, 3.63) is 64.7 Å². The van der Waals surface area contributed by atoms with Crippen LogP contribution in [0.3, 0.4) is 0 Å². The van der Waals surface area contributed by atoms with E-state index in [1.165, 1.54) is 0 Å². The molecule has 3 aliphatic heterocycles. The average molecular weight is 382 g/mol. The fourth-order valence-electron chi connectivity index (χ4n) is 4.74. The molecule has 2 saturated heterocycles. The predicted molar refractivity (Wildman–Crippen MR) is 99.0 cm³/mol. The second-order valence-corrected chi connectivity index (χ2v) is 7.69. The van der Waals surface area contributed by atoms with Crippen molar-refractivity contribution in [1.82, 2.24) is 10.6 Å². The number of carbonyl (C=O) groups excluding carboxylic acids is 3. The molecule has 1 spiro atoms. The van der Waals surface area contributed by atoms with Crippen molar-refractivity contribution in [2.45, 2.75) is 18.0 Å². The Morgan fingerprint density at radius 1 is 0.963 bits per heavy atom. The summed E-state index contributed by atoms with van der Waals surface area (Å²) in [4.78, 5) is 38.3. The van der Waals surface area contributed by atoms with E-state index in [-0.39, 0.29) is 17.9 Å². The number of benzene rings is 2. The Morgan fingerprint density at radius 2 is 1.74 bits per heavy atom. The van der Waals surface area contributed by atoms with Gasteiger partial charge in [-0.2, -0.15) is 0 Å². The quantitative estimate of drug-likeness (QED) is 0.689. The maximum atomic E-state index is 13.1. The van der Waals surface area contributed by atoms with E-state index in [1.807, 2.05) is 30.3 Å². The molecule has 2 aromatic carbocycles. The summed E-state index contributed by atoms with van der Waals surface area (Å²) in [6.07, 6.45) is 0.535. The fraction of sp³-hybridized carbons (Fsp3) is 0.250. The minimum Gasteiger partial charge on any atom is -0.324 e. The monoisotopic (exact) mass is 381 g/mol. The summed E-state index contributed by atoms with van der Waals surface area (Å²) in [5.74, 6) is -2.50. The van der Waals surface area contributed by atoms with Crippen LogP contribution in [0, 0.1) is 11.8 Å². The SMILES string of the molecule is O=C1NC(=O)[C@H]2[C@H]1[C@@H](Cc1ccccc1)N[C@]21C(=O)Nc2ccc(Cl)cc21. The largest absolute Gasteiger partial charge is 0.324 e. The maximum Gasteiger partial charge on any atom is 0.250 e. The second-order valence-electron chi connectivity index (χ2n) is 7.25.